The maximum Gasteiger partial charge on any atom is 0.152 e. The Morgan fingerprint density at radius 1 is 1.25 bits per heavy atom. The molecule has 2 heterocycles. The van der Waals surface area contributed by atoms with Gasteiger partial charge in [0.2, 0.25) is 0 Å². The lowest BCUT2D eigenvalue weighted by Gasteiger charge is -2.42. The number of ether oxygens (including phenoxy) is 1. The Bertz CT molecular complexity index is 802. The molecule has 1 aromatic carbocycles. The van der Waals surface area contributed by atoms with Crippen LogP contribution in [0.1, 0.15) is 88.8 Å². The van der Waals surface area contributed by atoms with Crippen LogP contribution in [-0.2, 0) is 5.60 Å². The summed E-state index contributed by atoms with van der Waals surface area (Å²) in [4.78, 5) is 4.35. The van der Waals surface area contributed by atoms with Crippen molar-refractivity contribution in [2.24, 2.45) is 5.92 Å². The predicted molar refractivity (Wildman–Crippen MR) is 114 cm³/mol. The molecule has 0 aliphatic carbocycles. The second kappa shape index (κ2) is 8.03. The highest BCUT2D eigenvalue weighted by atomic mass is 32.1. The first-order chi connectivity index (χ1) is 13.2. The number of aromatic hydroxyl groups is 1. The Labute approximate surface area is 172 Å². The number of nitrogens with zero attached hydrogens (tertiary/aromatic N) is 1. The van der Waals surface area contributed by atoms with Gasteiger partial charge in [0.05, 0.1) is 5.56 Å². The molecule has 1 aromatic heterocycles. The number of thiazole rings is 1. The van der Waals surface area contributed by atoms with Crippen LogP contribution >= 0.6 is 11.3 Å². The smallest absolute Gasteiger partial charge is 0.152 e. The van der Waals surface area contributed by atoms with Crippen LogP contribution < -0.4 is 4.74 Å². The molecule has 0 radical (unpaired) electrons. The topological polar surface area (TPSA) is 62.6 Å². The van der Waals surface area contributed by atoms with Gasteiger partial charge < -0.3 is 14.9 Å². The third kappa shape index (κ3) is 4.06. The standard InChI is InChI=1S/C23H33NO3S/c1-6-7-8-9-15(2)16(3)17-12-18(25)20-19(13-17)27-22(4,5)14-23(20,26)21-24-10-11-28-21/h10-13,15-16,25-26H,6-9,14H2,1-5H3. The number of aromatic nitrogens is 1. The van der Waals surface area contributed by atoms with Gasteiger partial charge in [-0.25, -0.2) is 4.98 Å². The molecule has 4 nitrogen and oxygen atoms in total. The molecule has 3 atom stereocenters. The summed E-state index contributed by atoms with van der Waals surface area (Å²) >= 11 is 1.40. The van der Waals surface area contributed by atoms with E-state index in [4.69, 9.17) is 4.74 Å². The van der Waals surface area contributed by atoms with Gasteiger partial charge in [-0.1, -0.05) is 46.5 Å². The molecular formula is C23H33NO3S. The van der Waals surface area contributed by atoms with Crippen molar-refractivity contribution in [1.82, 2.24) is 4.98 Å². The minimum absolute atomic E-state index is 0.0910. The van der Waals surface area contributed by atoms with Crippen LogP contribution in [-0.4, -0.2) is 20.8 Å². The summed E-state index contributed by atoms with van der Waals surface area (Å²) < 4.78 is 6.22. The first kappa shape index (κ1) is 21.1. The van der Waals surface area contributed by atoms with Crippen LogP contribution in [0.3, 0.4) is 0 Å². The number of unbranched alkanes of at least 4 members (excludes halogenated alkanes) is 2. The fourth-order valence-electron chi connectivity index (χ4n) is 4.32. The number of fused-ring (bicyclic) bond motifs is 1. The van der Waals surface area contributed by atoms with Gasteiger partial charge in [-0.05, 0) is 43.4 Å². The molecule has 1 aliphatic heterocycles. The summed E-state index contributed by atoms with van der Waals surface area (Å²) in [6, 6.07) is 3.82. The normalized spacial score (nSPS) is 22.9. The van der Waals surface area contributed by atoms with Crippen LogP contribution in [0, 0.1) is 5.92 Å². The van der Waals surface area contributed by atoms with Gasteiger partial charge in [0.1, 0.15) is 22.1 Å². The molecule has 0 fully saturated rings. The molecule has 154 valence electrons. The summed E-state index contributed by atoms with van der Waals surface area (Å²) in [6.07, 6.45) is 6.90. The van der Waals surface area contributed by atoms with E-state index in [0.717, 1.165) is 5.56 Å². The molecule has 28 heavy (non-hydrogen) atoms. The van der Waals surface area contributed by atoms with E-state index in [1.165, 1.54) is 37.0 Å². The maximum absolute atomic E-state index is 11.6. The minimum atomic E-state index is -1.34. The quantitative estimate of drug-likeness (QED) is 0.559. The van der Waals surface area contributed by atoms with Gasteiger partial charge in [-0.2, -0.15) is 0 Å². The van der Waals surface area contributed by atoms with Crippen molar-refractivity contribution in [3.63, 3.8) is 0 Å². The van der Waals surface area contributed by atoms with E-state index in [-0.39, 0.29) is 5.75 Å². The highest BCUT2D eigenvalue weighted by Gasteiger charge is 2.49. The fraction of sp³-hybridized carbons (Fsp3) is 0.609. The lowest BCUT2D eigenvalue weighted by molar-refractivity contribution is -0.0395. The molecule has 1 aliphatic rings. The first-order valence-electron chi connectivity index (χ1n) is 10.4. The zero-order valence-corrected chi connectivity index (χ0v) is 18.5. The van der Waals surface area contributed by atoms with Crippen LogP contribution in [0.25, 0.3) is 0 Å². The molecule has 2 aromatic rings. The molecule has 0 amide bonds. The number of rotatable bonds is 7. The van der Waals surface area contributed by atoms with Gasteiger partial charge in [-0.3, -0.25) is 0 Å². The highest BCUT2D eigenvalue weighted by Crippen LogP contribution is 2.52. The molecule has 3 unspecified atom stereocenters. The summed E-state index contributed by atoms with van der Waals surface area (Å²) in [6.45, 7) is 10.6. The van der Waals surface area contributed by atoms with Crippen LogP contribution in [0.2, 0.25) is 0 Å². The monoisotopic (exact) mass is 403 g/mol. The fourth-order valence-corrected chi connectivity index (χ4v) is 5.07. The number of phenols is 1. The molecule has 0 saturated carbocycles. The van der Waals surface area contributed by atoms with E-state index in [0.29, 0.717) is 34.6 Å². The van der Waals surface area contributed by atoms with Gasteiger partial charge in [0.25, 0.3) is 0 Å². The van der Waals surface area contributed by atoms with Crippen LogP contribution in [0.15, 0.2) is 23.7 Å². The Kier molecular flexibility index (Phi) is 6.06. The first-order valence-corrected chi connectivity index (χ1v) is 11.2. The molecule has 2 N–H and O–H groups in total. The third-order valence-electron chi connectivity index (χ3n) is 6.01. The summed E-state index contributed by atoms with van der Waals surface area (Å²) in [7, 11) is 0. The average Bonchev–Trinajstić information content (AvgIpc) is 3.14. The number of benzene rings is 1. The number of phenolic OH excluding ortho intramolecular Hbond substituents is 1. The van der Waals surface area contributed by atoms with Gasteiger partial charge in [-0.15, -0.1) is 11.3 Å². The molecule has 3 rings (SSSR count). The number of hydrogen-bond acceptors (Lipinski definition) is 5. The number of hydrogen-bond donors (Lipinski definition) is 2. The highest BCUT2D eigenvalue weighted by molar-refractivity contribution is 7.09. The summed E-state index contributed by atoms with van der Waals surface area (Å²) in [5.74, 6) is 1.47. The van der Waals surface area contributed by atoms with Crippen molar-refractivity contribution >= 4 is 11.3 Å². The lowest BCUT2D eigenvalue weighted by Crippen LogP contribution is -2.45. The SMILES string of the molecule is CCCCCC(C)C(C)c1cc(O)c2c(c1)OC(C)(C)CC2(O)c1nccs1. The molecule has 0 bridgehead atoms. The third-order valence-corrected chi connectivity index (χ3v) is 6.94. The predicted octanol–water partition coefficient (Wildman–Crippen LogP) is 5.97. The zero-order chi connectivity index (χ0) is 20.5. The van der Waals surface area contributed by atoms with Crippen molar-refractivity contribution in [3.8, 4) is 11.5 Å². The molecule has 5 heteroatoms. The van der Waals surface area contributed by atoms with Crippen LogP contribution in [0.5, 0.6) is 11.5 Å². The van der Waals surface area contributed by atoms with E-state index in [1.807, 2.05) is 25.3 Å². The van der Waals surface area contributed by atoms with Crippen molar-refractivity contribution in [3.05, 3.63) is 39.8 Å². The summed E-state index contributed by atoms with van der Waals surface area (Å²) in [5, 5.41) is 25.0. The van der Waals surface area contributed by atoms with Crippen molar-refractivity contribution in [2.75, 3.05) is 0 Å². The second-order valence-electron chi connectivity index (χ2n) is 8.91. The lowest BCUT2D eigenvalue weighted by atomic mass is 9.78. The van der Waals surface area contributed by atoms with E-state index < -0.39 is 11.2 Å². The van der Waals surface area contributed by atoms with E-state index in [9.17, 15) is 10.2 Å². The zero-order valence-electron chi connectivity index (χ0n) is 17.7. The van der Waals surface area contributed by atoms with E-state index in [2.05, 4.69) is 25.8 Å². The Morgan fingerprint density at radius 2 is 2.00 bits per heavy atom. The van der Waals surface area contributed by atoms with E-state index in [1.54, 1.807) is 12.3 Å². The largest absolute Gasteiger partial charge is 0.507 e. The van der Waals surface area contributed by atoms with E-state index >= 15 is 0 Å². The molecular weight excluding hydrogens is 370 g/mol. The second-order valence-corrected chi connectivity index (χ2v) is 9.81. The Morgan fingerprint density at radius 3 is 2.64 bits per heavy atom. The van der Waals surface area contributed by atoms with Gasteiger partial charge >= 0.3 is 0 Å². The molecule has 0 saturated heterocycles. The van der Waals surface area contributed by atoms with Crippen molar-refractivity contribution in [2.45, 2.75) is 83.8 Å². The average molecular weight is 404 g/mol. The Balaban J connectivity index is 1.99. The van der Waals surface area contributed by atoms with Crippen LogP contribution in [0.4, 0.5) is 0 Å². The minimum Gasteiger partial charge on any atom is -0.507 e. The summed E-state index contributed by atoms with van der Waals surface area (Å²) in [5.41, 5.74) is -0.408. The Hall–Kier alpha value is -1.59. The molecule has 0 spiro atoms. The van der Waals surface area contributed by atoms with Gasteiger partial charge in [0, 0.05) is 18.0 Å². The maximum atomic E-state index is 11.6. The van der Waals surface area contributed by atoms with Crippen molar-refractivity contribution in [1.29, 1.82) is 0 Å². The van der Waals surface area contributed by atoms with Gasteiger partial charge in [0.15, 0.2) is 5.60 Å². The number of aliphatic hydroxyl groups is 1. The van der Waals surface area contributed by atoms with Crippen molar-refractivity contribution < 1.29 is 14.9 Å².